The van der Waals surface area contributed by atoms with Gasteiger partial charge in [-0.3, -0.25) is 4.99 Å². The van der Waals surface area contributed by atoms with Crippen molar-refractivity contribution in [3.63, 3.8) is 0 Å². The van der Waals surface area contributed by atoms with Crippen LogP contribution in [0.1, 0.15) is 52.4 Å². The molecule has 1 saturated carbocycles. The van der Waals surface area contributed by atoms with Gasteiger partial charge in [0.1, 0.15) is 0 Å². The Balaban J connectivity index is 1.67. The molecule has 0 spiro atoms. The summed E-state index contributed by atoms with van der Waals surface area (Å²) in [5, 5.41) is 6.99. The third-order valence-electron chi connectivity index (χ3n) is 5.28. The molecular weight excluding hydrogens is 304 g/mol. The number of aliphatic imine (C=N–C) groups is 1. The predicted octanol–water partition coefficient (Wildman–Crippen LogP) is 2.60. The van der Waals surface area contributed by atoms with Gasteiger partial charge in [-0.1, -0.05) is 19.8 Å². The molecule has 1 aliphatic carbocycles. The molecule has 0 radical (unpaired) electrons. The minimum absolute atomic E-state index is 0.190. The maximum Gasteiger partial charge on any atom is 0.409 e. The van der Waals surface area contributed by atoms with Gasteiger partial charge in [0.05, 0.1) is 6.61 Å². The zero-order chi connectivity index (χ0) is 17.4. The third-order valence-corrected chi connectivity index (χ3v) is 5.28. The van der Waals surface area contributed by atoms with Crippen LogP contribution in [0.5, 0.6) is 0 Å². The van der Waals surface area contributed by atoms with Crippen molar-refractivity contribution in [3.8, 4) is 0 Å². The Morgan fingerprint density at radius 3 is 2.42 bits per heavy atom. The minimum atomic E-state index is -0.190. The Bertz CT molecular complexity index is 411. The van der Waals surface area contributed by atoms with E-state index < -0.39 is 0 Å². The summed E-state index contributed by atoms with van der Waals surface area (Å²) >= 11 is 0. The molecule has 0 bridgehead atoms. The highest BCUT2D eigenvalue weighted by Gasteiger charge is 2.24. The largest absolute Gasteiger partial charge is 0.450 e. The van der Waals surface area contributed by atoms with E-state index in [0.29, 0.717) is 12.6 Å². The number of carbonyl (C=O) groups is 1. The summed E-state index contributed by atoms with van der Waals surface area (Å²) in [7, 11) is 1.83. The number of ether oxygens (including phenoxy) is 1. The number of guanidine groups is 1. The third kappa shape index (κ3) is 5.87. The Morgan fingerprint density at radius 1 is 1.17 bits per heavy atom. The fourth-order valence-electron chi connectivity index (χ4n) is 3.58. The molecular formula is C18H34N4O2. The van der Waals surface area contributed by atoms with Crippen molar-refractivity contribution in [1.29, 1.82) is 0 Å². The maximum atomic E-state index is 11.7. The fraction of sp³-hybridized carbons (Fsp3) is 0.889. The van der Waals surface area contributed by atoms with E-state index in [1.165, 1.54) is 25.7 Å². The number of carbonyl (C=O) groups excluding carboxylic acids is 1. The van der Waals surface area contributed by atoms with Crippen LogP contribution >= 0.6 is 0 Å². The molecule has 1 amide bonds. The molecule has 0 aromatic heterocycles. The molecule has 0 atom stereocenters. The summed E-state index contributed by atoms with van der Waals surface area (Å²) in [4.78, 5) is 17.9. The first-order valence-corrected chi connectivity index (χ1v) is 9.51. The Labute approximate surface area is 146 Å². The van der Waals surface area contributed by atoms with Crippen LogP contribution in [-0.4, -0.2) is 56.3 Å². The molecule has 2 aliphatic rings. The second-order valence-corrected chi connectivity index (χ2v) is 7.18. The summed E-state index contributed by atoms with van der Waals surface area (Å²) in [6.45, 7) is 7.13. The normalized spacial score (nSPS) is 26.1. The van der Waals surface area contributed by atoms with Crippen LogP contribution in [0.4, 0.5) is 4.79 Å². The molecule has 1 heterocycles. The lowest BCUT2D eigenvalue weighted by molar-refractivity contribution is 0.0963. The van der Waals surface area contributed by atoms with Gasteiger partial charge in [-0.15, -0.1) is 0 Å². The van der Waals surface area contributed by atoms with E-state index in [1.54, 1.807) is 4.90 Å². The van der Waals surface area contributed by atoms with Crippen LogP contribution in [0.2, 0.25) is 0 Å². The van der Waals surface area contributed by atoms with E-state index in [4.69, 9.17) is 4.74 Å². The van der Waals surface area contributed by atoms with E-state index in [-0.39, 0.29) is 6.09 Å². The van der Waals surface area contributed by atoms with Gasteiger partial charge in [-0.25, -0.2) is 4.79 Å². The molecule has 6 heteroatoms. The predicted molar refractivity (Wildman–Crippen MR) is 97.2 cm³/mol. The van der Waals surface area contributed by atoms with Crippen LogP contribution < -0.4 is 10.6 Å². The molecule has 1 aliphatic heterocycles. The second-order valence-electron chi connectivity index (χ2n) is 7.18. The zero-order valence-electron chi connectivity index (χ0n) is 15.5. The molecule has 138 valence electrons. The summed E-state index contributed by atoms with van der Waals surface area (Å²) in [6, 6.07) is 0.369. The van der Waals surface area contributed by atoms with Crippen molar-refractivity contribution in [2.45, 2.75) is 58.4 Å². The lowest BCUT2D eigenvalue weighted by Crippen LogP contribution is -2.50. The monoisotopic (exact) mass is 338 g/mol. The van der Waals surface area contributed by atoms with E-state index in [2.05, 4.69) is 22.5 Å². The van der Waals surface area contributed by atoms with Crippen molar-refractivity contribution in [1.82, 2.24) is 15.5 Å². The number of likely N-dealkylation sites (tertiary alicyclic amines) is 1. The van der Waals surface area contributed by atoms with Crippen molar-refractivity contribution in [2.24, 2.45) is 16.8 Å². The molecule has 24 heavy (non-hydrogen) atoms. The number of piperidine rings is 1. The van der Waals surface area contributed by atoms with Crippen LogP contribution in [0.3, 0.4) is 0 Å². The average Bonchev–Trinajstić information content (AvgIpc) is 2.60. The first-order chi connectivity index (χ1) is 11.6. The molecule has 2 rings (SSSR count). The van der Waals surface area contributed by atoms with Gasteiger partial charge in [0.25, 0.3) is 0 Å². The number of hydrogen-bond acceptors (Lipinski definition) is 3. The van der Waals surface area contributed by atoms with Gasteiger partial charge in [-0.2, -0.15) is 0 Å². The van der Waals surface area contributed by atoms with Crippen molar-refractivity contribution < 1.29 is 9.53 Å². The molecule has 0 unspecified atom stereocenters. The summed E-state index contributed by atoms with van der Waals surface area (Å²) in [5.41, 5.74) is 0. The number of nitrogens with zero attached hydrogens (tertiary/aromatic N) is 2. The van der Waals surface area contributed by atoms with E-state index in [9.17, 15) is 4.79 Å². The smallest absolute Gasteiger partial charge is 0.409 e. The van der Waals surface area contributed by atoms with Gasteiger partial charge in [0.15, 0.2) is 5.96 Å². The highest BCUT2D eigenvalue weighted by molar-refractivity contribution is 5.80. The van der Waals surface area contributed by atoms with Crippen LogP contribution in [0.25, 0.3) is 0 Å². The lowest BCUT2D eigenvalue weighted by atomic mass is 9.83. The molecule has 2 fully saturated rings. The number of amides is 1. The molecule has 2 N–H and O–H groups in total. The Hall–Kier alpha value is -1.46. The van der Waals surface area contributed by atoms with Crippen molar-refractivity contribution >= 4 is 12.1 Å². The van der Waals surface area contributed by atoms with Crippen LogP contribution in [0, 0.1) is 11.8 Å². The van der Waals surface area contributed by atoms with E-state index in [1.807, 2.05) is 14.0 Å². The quantitative estimate of drug-likeness (QED) is 0.611. The van der Waals surface area contributed by atoms with Gasteiger partial charge >= 0.3 is 6.09 Å². The zero-order valence-corrected chi connectivity index (χ0v) is 15.5. The number of nitrogens with one attached hydrogen (secondary N) is 2. The molecule has 0 aromatic rings. The van der Waals surface area contributed by atoms with E-state index in [0.717, 1.165) is 50.3 Å². The Morgan fingerprint density at radius 2 is 1.83 bits per heavy atom. The Kier molecular flexibility index (Phi) is 7.66. The number of hydrogen-bond donors (Lipinski definition) is 2. The van der Waals surface area contributed by atoms with Gasteiger partial charge in [-0.05, 0) is 44.4 Å². The second kappa shape index (κ2) is 9.74. The van der Waals surface area contributed by atoms with Gasteiger partial charge < -0.3 is 20.3 Å². The van der Waals surface area contributed by atoms with Gasteiger partial charge in [0.2, 0.25) is 0 Å². The van der Waals surface area contributed by atoms with Crippen LogP contribution in [-0.2, 0) is 4.74 Å². The highest BCUT2D eigenvalue weighted by Crippen LogP contribution is 2.27. The molecule has 0 aromatic carbocycles. The fourth-order valence-corrected chi connectivity index (χ4v) is 3.58. The topological polar surface area (TPSA) is 66.0 Å². The highest BCUT2D eigenvalue weighted by atomic mass is 16.6. The standard InChI is InChI=1S/C18H34N4O2/c1-4-24-18(23)22-11-9-16(10-12-22)21-17(19-3)20-13-15-7-5-14(2)6-8-15/h14-16H,4-13H2,1-3H3,(H2,19,20,21). The molecule has 6 nitrogen and oxygen atoms in total. The first-order valence-electron chi connectivity index (χ1n) is 9.51. The maximum absolute atomic E-state index is 11.7. The van der Waals surface area contributed by atoms with Crippen molar-refractivity contribution in [3.05, 3.63) is 0 Å². The first kappa shape index (κ1) is 18.9. The van der Waals surface area contributed by atoms with Crippen molar-refractivity contribution in [2.75, 3.05) is 33.3 Å². The SMILES string of the molecule is CCOC(=O)N1CCC(NC(=NC)NCC2CCC(C)CC2)CC1. The summed E-state index contributed by atoms with van der Waals surface area (Å²) in [6.07, 6.45) is 7.02. The molecule has 1 saturated heterocycles. The lowest BCUT2D eigenvalue weighted by Gasteiger charge is -2.33. The van der Waals surface area contributed by atoms with Crippen LogP contribution in [0.15, 0.2) is 4.99 Å². The minimum Gasteiger partial charge on any atom is -0.450 e. The summed E-state index contributed by atoms with van der Waals surface area (Å²) < 4.78 is 5.06. The van der Waals surface area contributed by atoms with Gasteiger partial charge in [0, 0.05) is 32.7 Å². The van der Waals surface area contributed by atoms with E-state index >= 15 is 0 Å². The summed E-state index contributed by atoms with van der Waals surface area (Å²) in [5.74, 6) is 2.55. The average molecular weight is 338 g/mol. The number of rotatable bonds is 4.